The van der Waals surface area contributed by atoms with Crippen LogP contribution >= 0.6 is 11.3 Å². The minimum atomic E-state index is -1.02. The number of thiazole rings is 1. The van der Waals surface area contributed by atoms with E-state index in [1.165, 1.54) is 16.2 Å². The molecule has 0 atom stereocenters. The molecule has 2 N–H and O–H groups in total. The van der Waals surface area contributed by atoms with Crippen molar-refractivity contribution in [3.63, 3.8) is 0 Å². The minimum absolute atomic E-state index is 0.198. The Labute approximate surface area is 122 Å². The van der Waals surface area contributed by atoms with E-state index in [-0.39, 0.29) is 12.5 Å². The largest absolute Gasteiger partial charge is 0.480 e. The summed E-state index contributed by atoms with van der Waals surface area (Å²) in [5.74, 6) is -0.824. The molecule has 2 amide bonds. The zero-order valence-electron chi connectivity index (χ0n) is 12.3. The van der Waals surface area contributed by atoms with E-state index >= 15 is 0 Å². The Kier molecular flexibility index (Phi) is 5.94. The molecule has 0 aliphatic heterocycles. The van der Waals surface area contributed by atoms with Crippen molar-refractivity contribution in [3.05, 3.63) is 10.6 Å². The smallest absolute Gasteiger partial charge is 0.324 e. The van der Waals surface area contributed by atoms with Crippen LogP contribution in [0.5, 0.6) is 0 Å². The van der Waals surface area contributed by atoms with Crippen LogP contribution in [0.1, 0.15) is 31.3 Å². The molecule has 1 heterocycles. The number of nitrogens with one attached hydrogen (secondary N) is 1. The molecule has 0 saturated carbocycles. The van der Waals surface area contributed by atoms with Crippen molar-refractivity contribution in [2.45, 2.75) is 34.1 Å². The number of rotatable bonds is 6. The number of carbonyl (C=O) groups is 2. The third-order valence-corrected chi connectivity index (χ3v) is 3.57. The molecule has 0 aliphatic rings. The van der Waals surface area contributed by atoms with Gasteiger partial charge in [-0.2, -0.15) is 0 Å². The predicted molar refractivity (Wildman–Crippen MR) is 79.3 cm³/mol. The summed E-state index contributed by atoms with van der Waals surface area (Å²) in [6.45, 7) is 7.91. The summed E-state index contributed by atoms with van der Waals surface area (Å²) in [6, 6.07) is -0.419. The number of carbonyl (C=O) groups excluding carboxylic acids is 1. The topological polar surface area (TPSA) is 82.5 Å². The Morgan fingerprint density at radius 2 is 2.10 bits per heavy atom. The lowest BCUT2D eigenvalue weighted by Crippen LogP contribution is -2.40. The highest BCUT2D eigenvalue weighted by atomic mass is 32.1. The van der Waals surface area contributed by atoms with Crippen LogP contribution in [0.3, 0.4) is 0 Å². The molecular formula is C13H21N3O3S. The van der Waals surface area contributed by atoms with E-state index in [4.69, 9.17) is 5.11 Å². The van der Waals surface area contributed by atoms with Gasteiger partial charge in [-0.25, -0.2) is 9.78 Å². The molecule has 0 spiro atoms. The third-order valence-electron chi connectivity index (χ3n) is 2.64. The van der Waals surface area contributed by atoms with E-state index in [0.29, 0.717) is 11.7 Å². The van der Waals surface area contributed by atoms with Crippen LogP contribution in [0.2, 0.25) is 0 Å². The average molecular weight is 299 g/mol. The number of nitrogens with zero attached hydrogens (tertiary/aromatic N) is 2. The number of aryl methyl sites for hydroxylation is 2. The second kappa shape index (κ2) is 7.23. The second-order valence-electron chi connectivity index (χ2n) is 4.97. The first kappa shape index (κ1) is 16.4. The van der Waals surface area contributed by atoms with E-state index < -0.39 is 12.0 Å². The Morgan fingerprint density at radius 1 is 1.45 bits per heavy atom. The van der Waals surface area contributed by atoms with Gasteiger partial charge in [0.1, 0.15) is 6.54 Å². The van der Waals surface area contributed by atoms with Crippen LogP contribution in [0.4, 0.5) is 9.93 Å². The summed E-state index contributed by atoms with van der Waals surface area (Å²) in [4.78, 5) is 29.6. The molecule has 0 radical (unpaired) electrons. The zero-order valence-corrected chi connectivity index (χ0v) is 13.1. The molecule has 20 heavy (non-hydrogen) atoms. The van der Waals surface area contributed by atoms with Gasteiger partial charge in [0.2, 0.25) is 0 Å². The second-order valence-corrected chi connectivity index (χ2v) is 6.18. The number of aromatic nitrogens is 1. The molecule has 0 bridgehead atoms. The first-order valence-corrected chi connectivity index (χ1v) is 7.39. The Bertz CT molecular complexity index is 485. The van der Waals surface area contributed by atoms with Crippen LogP contribution < -0.4 is 5.32 Å². The van der Waals surface area contributed by atoms with Crippen molar-refractivity contribution in [3.8, 4) is 0 Å². The number of amides is 2. The van der Waals surface area contributed by atoms with E-state index in [2.05, 4.69) is 10.3 Å². The van der Waals surface area contributed by atoms with Crippen LogP contribution in [0.15, 0.2) is 0 Å². The summed E-state index contributed by atoms with van der Waals surface area (Å²) < 4.78 is 0. The first-order chi connectivity index (χ1) is 9.33. The number of hydrogen-bond donors (Lipinski definition) is 2. The van der Waals surface area contributed by atoms with Crippen LogP contribution in [-0.4, -0.2) is 40.1 Å². The highest BCUT2D eigenvalue weighted by Crippen LogP contribution is 2.22. The minimum Gasteiger partial charge on any atom is -0.480 e. The van der Waals surface area contributed by atoms with Crippen LogP contribution in [0.25, 0.3) is 0 Å². The van der Waals surface area contributed by atoms with Gasteiger partial charge in [-0.1, -0.05) is 20.8 Å². The number of hydrogen-bond acceptors (Lipinski definition) is 4. The van der Waals surface area contributed by atoms with Gasteiger partial charge in [0.25, 0.3) is 0 Å². The van der Waals surface area contributed by atoms with Crippen molar-refractivity contribution >= 4 is 28.5 Å². The van der Waals surface area contributed by atoms with Gasteiger partial charge in [-0.3, -0.25) is 10.1 Å². The number of anilines is 1. The van der Waals surface area contributed by atoms with Gasteiger partial charge in [0.05, 0.1) is 5.69 Å². The van der Waals surface area contributed by atoms with Crippen LogP contribution in [0, 0.1) is 12.8 Å². The number of aliphatic carboxylic acids is 1. The van der Waals surface area contributed by atoms with E-state index in [9.17, 15) is 9.59 Å². The van der Waals surface area contributed by atoms with Crippen molar-refractivity contribution in [2.24, 2.45) is 5.92 Å². The first-order valence-electron chi connectivity index (χ1n) is 6.57. The fraction of sp³-hybridized carbons (Fsp3) is 0.615. The maximum absolute atomic E-state index is 12.1. The lowest BCUT2D eigenvalue weighted by atomic mass is 10.2. The average Bonchev–Trinajstić information content (AvgIpc) is 2.67. The molecule has 7 heteroatoms. The van der Waals surface area contributed by atoms with Crippen molar-refractivity contribution in [2.75, 3.05) is 18.4 Å². The Hall–Kier alpha value is -1.63. The van der Waals surface area contributed by atoms with Gasteiger partial charge < -0.3 is 10.0 Å². The summed E-state index contributed by atoms with van der Waals surface area (Å²) >= 11 is 1.41. The van der Waals surface area contributed by atoms with Gasteiger partial charge in [0, 0.05) is 11.4 Å². The van der Waals surface area contributed by atoms with E-state index in [0.717, 1.165) is 17.0 Å². The predicted octanol–water partition coefficient (Wildman–Crippen LogP) is 2.59. The quantitative estimate of drug-likeness (QED) is 0.845. The molecule has 0 saturated heterocycles. The molecule has 0 aliphatic carbocycles. The highest BCUT2D eigenvalue weighted by molar-refractivity contribution is 7.15. The lowest BCUT2D eigenvalue weighted by Gasteiger charge is -2.22. The molecule has 1 aromatic rings. The maximum Gasteiger partial charge on any atom is 0.324 e. The molecule has 112 valence electrons. The molecule has 0 fully saturated rings. The standard InChI is InChI=1S/C13H21N3O3S/c1-5-10-9(4)20-12(14-10)15-13(19)16(6-8(2)3)7-11(17)18/h8H,5-7H2,1-4H3,(H,17,18)(H,14,15,19). The zero-order chi connectivity index (χ0) is 15.3. The molecular weight excluding hydrogens is 278 g/mol. The molecule has 1 aromatic heterocycles. The van der Waals surface area contributed by atoms with Crippen molar-refractivity contribution in [1.82, 2.24) is 9.88 Å². The monoisotopic (exact) mass is 299 g/mol. The maximum atomic E-state index is 12.1. The fourth-order valence-corrected chi connectivity index (χ4v) is 2.70. The summed E-state index contributed by atoms with van der Waals surface area (Å²) in [7, 11) is 0. The van der Waals surface area contributed by atoms with Crippen molar-refractivity contribution < 1.29 is 14.7 Å². The van der Waals surface area contributed by atoms with Gasteiger partial charge >= 0.3 is 12.0 Å². The Morgan fingerprint density at radius 3 is 2.55 bits per heavy atom. The molecule has 1 rings (SSSR count). The van der Waals surface area contributed by atoms with Gasteiger partial charge in [-0.15, -0.1) is 11.3 Å². The summed E-state index contributed by atoms with van der Waals surface area (Å²) in [5.41, 5.74) is 0.957. The number of urea groups is 1. The normalized spacial score (nSPS) is 10.7. The molecule has 0 aromatic carbocycles. The van der Waals surface area contributed by atoms with Gasteiger partial charge in [0.15, 0.2) is 5.13 Å². The fourth-order valence-electron chi connectivity index (χ4n) is 1.80. The summed E-state index contributed by atoms with van der Waals surface area (Å²) in [6.07, 6.45) is 0.809. The van der Waals surface area contributed by atoms with E-state index in [1.807, 2.05) is 27.7 Å². The van der Waals surface area contributed by atoms with E-state index in [1.54, 1.807) is 0 Å². The van der Waals surface area contributed by atoms with Gasteiger partial charge in [-0.05, 0) is 19.3 Å². The number of carboxylic acid groups (broad SMARTS) is 1. The Balaban J connectivity index is 2.75. The van der Waals surface area contributed by atoms with Crippen molar-refractivity contribution in [1.29, 1.82) is 0 Å². The molecule has 0 unspecified atom stereocenters. The molecule has 6 nitrogen and oxygen atoms in total. The highest BCUT2D eigenvalue weighted by Gasteiger charge is 2.19. The third kappa shape index (κ3) is 4.80. The lowest BCUT2D eigenvalue weighted by molar-refractivity contribution is -0.137. The van der Waals surface area contributed by atoms with Crippen LogP contribution in [-0.2, 0) is 11.2 Å². The SMILES string of the molecule is CCc1nc(NC(=O)N(CC(=O)O)CC(C)C)sc1C. The summed E-state index contributed by atoms with van der Waals surface area (Å²) in [5, 5.41) is 12.1. The number of carboxylic acids is 1.